The van der Waals surface area contributed by atoms with Crippen molar-refractivity contribution in [1.29, 1.82) is 0 Å². The number of hydrogen-bond acceptors (Lipinski definition) is 4. The second-order valence-corrected chi connectivity index (χ2v) is 8.14. The minimum atomic E-state index is -0.385. The summed E-state index contributed by atoms with van der Waals surface area (Å²) in [6, 6.07) is 19.6. The lowest BCUT2D eigenvalue weighted by molar-refractivity contribution is -0.0587. The lowest BCUT2D eigenvalue weighted by Gasteiger charge is -2.35. The minimum Gasteiger partial charge on any atom is -0.372 e. The van der Waals surface area contributed by atoms with Crippen molar-refractivity contribution in [2.45, 2.75) is 26.1 Å². The number of morpholine rings is 1. The first-order chi connectivity index (χ1) is 15.5. The number of ether oxygens (including phenoxy) is 1. The number of carbonyl (C=O) groups is 1. The molecule has 1 aliphatic rings. The van der Waals surface area contributed by atoms with Gasteiger partial charge in [-0.2, -0.15) is 5.10 Å². The third kappa shape index (κ3) is 3.76. The van der Waals surface area contributed by atoms with Crippen LogP contribution in [0.25, 0.3) is 28.2 Å². The van der Waals surface area contributed by atoms with Gasteiger partial charge >= 0.3 is 0 Å². The molecule has 0 aliphatic carbocycles. The van der Waals surface area contributed by atoms with Gasteiger partial charge in [-0.1, -0.05) is 42.5 Å². The van der Waals surface area contributed by atoms with Crippen LogP contribution in [-0.4, -0.2) is 50.7 Å². The smallest absolute Gasteiger partial charge is 0.272 e. The van der Waals surface area contributed by atoms with Crippen LogP contribution in [-0.2, 0) is 4.74 Å². The first-order valence-electron chi connectivity index (χ1n) is 10.7. The summed E-state index contributed by atoms with van der Waals surface area (Å²) in [4.78, 5) is 19.7. The quantitative estimate of drug-likeness (QED) is 0.482. The number of aromatic nitrogens is 3. The molecule has 2 aromatic heterocycles. The predicted molar refractivity (Wildman–Crippen MR) is 120 cm³/mol. The van der Waals surface area contributed by atoms with Crippen LogP contribution in [0.1, 0.15) is 24.3 Å². The molecule has 1 saturated heterocycles. The zero-order valence-corrected chi connectivity index (χ0v) is 17.9. The second kappa shape index (κ2) is 8.16. The molecule has 0 spiro atoms. The lowest BCUT2D eigenvalue weighted by atomic mass is 10.1. The van der Waals surface area contributed by atoms with Gasteiger partial charge in [0.1, 0.15) is 11.5 Å². The van der Waals surface area contributed by atoms with Gasteiger partial charge in [-0.3, -0.25) is 4.79 Å². The van der Waals surface area contributed by atoms with Crippen molar-refractivity contribution in [2.75, 3.05) is 13.1 Å². The van der Waals surface area contributed by atoms with E-state index in [-0.39, 0.29) is 29.6 Å². The van der Waals surface area contributed by atoms with E-state index in [1.165, 1.54) is 6.07 Å². The van der Waals surface area contributed by atoms with Gasteiger partial charge in [0.15, 0.2) is 5.65 Å². The van der Waals surface area contributed by atoms with Crippen LogP contribution < -0.4 is 0 Å². The molecule has 2 atom stereocenters. The highest BCUT2D eigenvalue weighted by Gasteiger charge is 2.28. The highest BCUT2D eigenvalue weighted by Crippen LogP contribution is 2.27. The number of rotatable bonds is 3. The molecule has 1 fully saturated rings. The van der Waals surface area contributed by atoms with E-state index in [0.29, 0.717) is 35.7 Å². The average molecular weight is 430 g/mol. The Balaban J connectivity index is 1.66. The summed E-state index contributed by atoms with van der Waals surface area (Å²) in [5.41, 5.74) is 3.21. The van der Waals surface area contributed by atoms with E-state index in [2.05, 4.69) is 10.1 Å². The molecule has 1 aliphatic heterocycles. The molecule has 3 heterocycles. The highest BCUT2D eigenvalue weighted by atomic mass is 19.1. The molecule has 4 aromatic rings. The SMILES string of the molecule is CC1CN(C(=O)c2cc(-c3ccccc3F)n3nc(-c4ccccc4)cc3n2)CC(C)O1. The molecule has 6 nitrogen and oxygen atoms in total. The summed E-state index contributed by atoms with van der Waals surface area (Å²) in [6.45, 7) is 4.86. The predicted octanol–water partition coefficient (Wildman–Crippen LogP) is 4.45. The zero-order valence-electron chi connectivity index (χ0n) is 17.9. The molecule has 0 N–H and O–H groups in total. The van der Waals surface area contributed by atoms with Gasteiger partial charge in [-0.15, -0.1) is 0 Å². The molecule has 162 valence electrons. The number of fused-ring (bicyclic) bond motifs is 1. The molecule has 2 aromatic carbocycles. The Morgan fingerprint density at radius 3 is 2.41 bits per heavy atom. The number of hydrogen-bond donors (Lipinski definition) is 0. The summed E-state index contributed by atoms with van der Waals surface area (Å²) in [6.07, 6.45) is -0.116. The van der Waals surface area contributed by atoms with Crippen LogP contribution in [0.5, 0.6) is 0 Å². The van der Waals surface area contributed by atoms with Crippen LogP contribution in [0.2, 0.25) is 0 Å². The standard InChI is InChI=1S/C25H23FN4O2/c1-16-14-29(15-17(2)32-16)25(31)22-12-23(19-10-6-7-11-20(19)26)30-24(27-22)13-21(28-30)18-8-4-3-5-9-18/h3-13,16-17H,14-15H2,1-2H3. The van der Waals surface area contributed by atoms with E-state index in [9.17, 15) is 9.18 Å². The molecule has 32 heavy (non-hydrogen) atoms. The lowest BCUT2D eigenvalue weighted by Crippen LogP contribution is -2.48. The van der Waals surface area contributed by atoms with Crippen molar-refractivity contribution in [2.24, 2.45) is 0 Å². The number of carbonyl (C=O) groups excluding carboxylic acids is 1. The first-order valence-corrected chi connectivity index (χ1v) is 10.7. The van der Waals surface area contributed by atoms with Crippen LogP contribution in [0.3, 0.4) is 0 Å². The largest absolute Gasteiger partial charge is 0.372 e. The van der Waals surface area contributed by atoms with Crippen molar-refractivity contribution in [3.05, 3.63) is 78.2 Å². The Kier molecular flexibility index (Phi) is 5.19. The van der Waals surface area contributed by atoms with E-state index in [1.807, 2.05) is 50.2 Å². The monoisotopic (exact) mass is 430 g/mol. The minimum absolute atomic E-state index is 0.0582. The molecule has 5 rings (SSSR count). The zero-order chi connectivity index (χ0) is 22.2. The Morgan fingerprint density at radius 2 is 1.69 bits per heavy atom. The number of benzene rings is 2. The molecule has 0 saturated carbocycles. The first kappa shape index (κ1) is 20.3. The van der Waals surface area contributed by atoms with Gasteiger partial charge in [0.2, 0.25) is 0 Å². The molecular weight excluding hydrogens is 407 g/mol. The molecule has 0 radical (unpaired) electrons. The fraction of sp³-hybridized carbons (Fsp3) is 0.240. The Hall–Kier alpha value is -3.58. The topological polar surface area (TPSA) is 59.7 Å². The average Bonchev–Trinajstić information content (AvgIpc) is 3.23. The van der Waals surface area contributed by atoms with E-state index < -0.39 is 0 Å². The number of halogens is 1. The van der Waals surface area contributed by atoms with Gasteiger partial charge in [-0.05, 0) is 32.0 Å². The van der Waals surface area contributed by atoms with Crippen LogP contribution in [0, 0.1) is 5.82 Å². The van der Waals surface area contributed by atoms with Gasteiger partial charge in [0.25, 0.3) is 5.91 Å². The maximum absolute atomic E-state index is 14.7. The third-order valence-corrected chi connectivity index (χ3v) is 5.57. The Bertz CT molecular complexity index is 1280. The number of nitrogens with zero attached hydrogens (tertiary/aromatic N) is 4. The Morgan fingerprint density at radius 1 is 1.00 bits per heavy atom. The fourth-order valence-electron chi connectivity index (χ4n) is 4.20. The van der Waals surface area contributed by atoms with Crippen molar-refractivity contribution >= 4 is 11.6 Å². The number of amides is 1. The second-order valence-electron chi connectivity index (χ2n) is 8.14. The maximum atomic E-state index is 14.7. The highest BCUT2D eigenvalue weighted by molar-refractivity contribution is 5.94. The summed E-state index contributed by atoms with van der Waals surface area (Å²) in [5.74, 6) is -0.585. The summed E-state index contributed by atoms with van der Waals surface area (Å²) < 4.78 is 22.1. The summed E-state index contributed by atoms with van der Waals surface area (Å²) in [5, 5.41) is 4.68. The van der Waals surface area contributed by atoms with Crippen LogP contribution in [0.15, 0.2) is 66.7 Å². The molecule has 2 unspecified atom stereocenters. The van der Waals surface area contributed by atoms with Crippen LogP contribution in [0.4, 0.5) is 4.39 Å². The van der Waals surface area contributed by atoms with Crippen molar-refractivity contribution in [3.8, 4) is 22.5 Å². The van der Waals surface area contributed by atoms with Crippen molar-refractivity contribution in [1.82, 2.24) is 19.5 Å². The van der Waals surface area contributed by atoms with E-state index in [1.54, 1.807) is 33.7 Å². The molecule has 0 bridgehead atoms. The van der Waals surface area contributed by atoms with Gasteiger partial charge in [0.05, 0.1) is 23.6 Å². The normalized spacial score (nSPS) is 18.8. The van der Waals surface area contributed by atoms with Crippen LogP contribution >= 0.6 is 0 Å². The molecule has 1 amide bonds. The van der Waals surface area contributed by atoms with Gasteiger partial charge in [0, 0.05) is 30.3 Å². The Labute approximate surface area is 185 Å². The van der Waals surface area contributed by atoms with E-state index in [4.69, 9.17) is 4.74 Å². The fourth-order valence-corrected chi connectivity index (χ4v) is 4.20. The van der Waals surface area contributed by atoms with Crippen molar-refractivity contribution in [3.63, 3.8) is 0 Å². The van der Waals surface area contributed by atoms with Gasteiger partial charge < -0.3 is 9.64 Å². The van der Waals surface area contributed by atoms with Gasteiger partial charge in [-0.25, -0.2) is 13.9 Å². The molecule has 7 heteroatoms. The summed E-state index contributed by atoms with van der Waals surface area (Å²) >= 11 is 0. The summed E-state index contributed by atoms with van der Waals surface area (Å²) in [7, 11) is 0. The van der Waals surface area contributed by atoms with Crippen molar-refractivity contribution < 1.29 is 13.9 Å². The molecular formula is C25H23FN4O2. The van der Waals surface area contributed by atoms with E-state index in [0.717, 1.165) is 5.56 Å². The maximum Gasteiger partial charge on any atom is 0.272 e. The van der Waals surface area contributed by atoms with E-state index >= 15 is 0 Å². The third-order valence-electron chi connectivity index (χ3n) is 5.57.